The summed E-state index contributed by atoms with van der Waals surface area (Å²) in [5.41, 5.74) is 1.69. The molecule has 0 bridgehead atoms. The van der Waals surface area contributed by atoms with Gasteiger partial charge >= 0.3 is 0 Å². The molecule has 3 aliphatic rings. The van der Waals surface area contributed by atoms with Gasteiger partial charge in [0, 0.05) is 17.3 Å². The largest absolute Gasteiger partial charge is 0.508 e. The van der Waals surface area contributed by atoms with Gasteiger partial charge in [0.1, 0.15) is 11.5 Å². The highest BCUT2D eigenvalue weighted by molar-refractivity contribution is 5.95. The smallest absolute Gasteiger partial charge is 0.140 e. The van der Waals surface area contributed by atoms with Gasteiger partial charge in [-0.3, -0.25) is 4.79 Å². The maximum atomic E-state index is 12.5. The van der Waals surface area contributed by atoms with E-state index in [0.29, 0.717) is 24.5 Å². The average Bonchev–Trinajstić information content (AvgIpc) is 3.14. The van der Waals surface area contributed by atoms with Crippen LogP contribution < -0.4 is 0 Å². The van der Waals surface area contributed by atoms with Crippen molar-refractivity contribution in [3.8, 4) is 5.75 Å². The molecule has 4 atom stereocenters. The predicted octanol–water partition coefficient (Wildman–Crippen LogP) is 3.22. The Hall–Kier alpha value is -1.87. The standard InChI is InChI=1S/C19H18O3/c1-18-9-15(21)17-13-4-3-12(20)6-10(13)2-5-14(17)19(18)8-11(19)7-16(18)22/h2-6,11,15,20-21H,7-9H2,1H3/t11-,15+,18-,19+/m1/s1. The Kier molecular flexibility index (Phi) is 2.04. The number of hydrogen-bond acceptors (Lipinski definition) is 3. The van der Waals surface area contributed by atoms with Crippen molar-refractivity contribution in [2.75, 3.05) is 0 Å². The van der Waals surface area contributed by atoms with Gasteiger partial charge in [-0.2, -0.15) is 0 Å². The van der Waals surface area contributed by atoms with Crippen LogP contribution in [0, 0.1) is 11.3 Å². The van der Waals surface area contributed by atoms with Crippen molar-refractivity contribution >= 4 is 16.6 Å². The SMILES string of the molecule is C[C@]12C[C@H](O)c3c(ccc4cc(O)ccc34)[C@@]13C[C@H]3CC2=O. The lowest BCUT2D eigenvalue weighted by Gasteiger charge is -2.42. The number of ketones is 1. The van der Waals surface area contributed by atoms with E-state index in [1.54, 1.807) is 12.1 Å². The molecule has 1 spiro atoms. The predicted molar refractivity (Wildman–Crippen MR) is 82.7 cm³/mol. The van der Waals surface area contributed by atoms with Crippen LogP contribution in [0.5, 0.6) is 5.75 Å². The molecule has 3 aliphatic carbocycles. The van der Waals surface area contributed by atoms with Crippen molar-refractivity contribution in [2.45, 2.75) is 37.7 Å². The first kappa shape index (κ1) is 12.7. The van der Waals surface area contributed by atoms with Gasteiger partial charge in [0.25, 0.3) is 0 Å². The molecule has 3 nitrogen and oxygen atoms in total. The molecule has 0 radical (unpaired) electrons. The van der Waals surface area contributed by atoms with Crippen molar-refractivity contribution in [2.24, 2.45) is 11.3 Å². The molecule has 0 unspecified atom stereocenters. The number of hydrogen-bond donors (Lipinski definition) is 2. The van der Waals surface area contributed by atoms with E-state index in [4.69, 9.17) is 0 Å². The number of carbonyl (C=O) groups is 1. The van der Waals surface area contributed by atoms with Gasteiger partial charge in [-0.15, -0.1) is 0 Å². The average molecular weight is 294 g/mol. The minimum atomic E-state index is -0.609. The highest BCUT2D eigenvalue weighted by Crippen LogP contribution is 2.75. The van der Waals surface area contributed by atoms with Gasteiger partial charge in [0.2, 0.25) is 0 Å². The van der Waals surface area contributed by atoms with E-state index in [1.807, 2.05) is 12.1 Å². The summed E-state index contributed by atoms with van der Waals surface area (Å²) in [5.74, 6) is 1.01. The van der Waals surface area contributed by atoms with Crippen LogP contribution in [0.4, 0.5) is 0 Å². The fraction of sp³-hybridized carbons (Fsp3) is 0.421. The highest BCUT2D eigenvalue weighted by atomic mass is 16.3. The molecule has 3 heteroatoms. The minimum absolute atomic E-state index is 0.0509. The topological polar surface area (TPSA) is 57.5 Å². The normalized spacial score (nSPS) is 38.5. The van der Waals surface area contributed by atoms with Crippen molar-refractivity contribution in [3.05, 3.63) is 41.5 Å². The molecule has 112 valence electrons. The monoisotopic (exact) mass is 294 g/mol. The molecule has 22 heavy (non-hydrogen) atoms. The lowest BCUT2D eigenvalue weighted by molar-refractivity contribution is -0.129. The van der Waals surface area contributed by atoms with Crippen LogP contribution in [0.2, 0.25) is 0 Å². The summed E-state index contributed by atoms with van der Waals surface area (Å²) >= 11 is 0. The molecule has 0 saturated heterocycles. The Morgan fingerprint density at radius 1 is 1.18 bits per heavy atom. The number of aliphatic hydroxyl groups excluding tert-OH is 1. The van der Waals surface area contributed by atoms with Crippen LogP contribution in [-0.2, 0) is 10.2 Å². The fourth-order valence-electron chi connectivity index (χ4n) is 5.45. The summed E-state index contributed by atoms with van der Waals surface area (Å²) in [5, 5.41) is 22.4. The zero-order chi connectivity index (χ0) is 15.3. The van der Waals surface area contributed by atoms with Crippen LogP contribution in [-0.4, -0.2) is 16.0 Å². The third-order valence-corrected chi connectivity index (χ3v) is 6.60. The Balaban J connectivity index is 1.85. The first-order valence-corrected chi connectivity index (χ1v) is 7.95. The summed E-state index contributed by atoms with van der Waals surface area (Å²) in [6.45, 7) is 2.05. The third-order valence-electron chi connectivity index (χ3n) is 6.60. The molecule has 0 amide bonds. The van der Waals surface area contributed by atoms with Crippen LogP contribution >= 0.6 is 0 Å². The lowest BCUT2D eigenvalue weighted by Crippen LogP contribution is -2.42. The van der Waals surface area contributed by atoms with Crippen molar-refractivity contribution < 1.29 is 15.0 Å². The van der Waals surface area contributed by atoms with E-state index in [0.717, 1.165) is 22.8 Å². The molecular formula is C19H18O3. The molecule has 2 saturated carbocycles. The number of phenolic OH excluding ortho intramolecular Hbond substituents is 1. The molecular weight excluding hydrogens is 276 g/mol. The van der Waals surface area contributed by atoms with E-state index in [9.17, 15) is 15.0 Å². The molecule has 2 aromatic carbocycles. The van der Waals surface area contributed by atoms with E-state index in [2.05, 4.69) is 13.0 Å². The van der Waals surface area contributed by atoms with Gasteiger partial charge in [-0.25, -0.2) is 0 Å². The molecule has 0 aromatic heterocycles. The highest BCUT2D eigenvalue weighted by Gasteiger charge is 2.75. The van der Waals surface area contributed by atoms with Crippen LogP contribution in [0.3, 0.4) is 0 Å². The van der Waals surface area contributed by atoms with Gasteiger partial charge in [-0.05, 0) is 52.8 Å². The van der Waals surface area contributed by atoms with E-state index < -0.39 is 11.5 Å². The number of rotatable bonds is 0. The molecule has 2 aromatic rings. The van der Waals surface area contributed by atoms with E-state index in [-0.39, 0.29) is 11.2 Å². The summed E-state index contributed by atoms with van der Waals surface area (Å²) in [6.07, 6.45) is 1.65. The fourth-order valence-corrected chi connectivity index (χ4v) is 5.45. The van der Waals surface area contributed by atoms with Gasteiger partial charge < -0.3 is 10.2 Å². The quantitative estimate of drug-likeness (QED) is 0.784. The number of benzene rings is 2. The van der Waals surface area contributed by atoms with Crippen molar-refractivity contribution in [1.29, 1.82) is 0 Å². The summed E-state index contributed by atoms with van der Waals surface area (Å²) in [6, 6.07) is 9.39. The zero-order valence-electron chi connectivity index (χ0n) is 12.5. The van der Waals surface area contributed by atoms with Crippen LogP contribution in [0.15, 0.2) is 30.3 Å². The maximum absolute atomic E-state index is 12.5. The number of aromatic hydroxyl groups is 1. The first-order valence-electron chi connectivity index (χ1n) is 7.95. The molecule has 0 heterocycles. The number of carbonyl (C=O) groups excluding carboxylic acids is 1. The van der Waals surface area contributed by atoms with Crippen molar-refractivity contribution in [3.63, 3.8) is 0 Å². The molecule has 2 N–H and O–H groups in total. The summed E-state index contributed by atoms with van der Waals surface area (Å²) < 4.78 is 0. The van der Waals surface area contributed by atoms with Crippen LogP contribution in [0.25, 0.3) is 10.8 Å². The Labute approximate surface area is 128 Å². The van der Waals surface area contributed by atoms with E-state index in [1.165, 1.54) is 5.56 Å². The molecule has 0 aliphatic heterocycles. The Bertz CT molecular complexity index is 855. The minimum Gasteiger partial charge on any atom is -0.508 e. The Morgan fingerprint density at radius 2 is 2.00 bits per heavy atom. The lowest BCUT2D eigenvalue weighted by atomic mass is 9.61. The number of fused-ring (bicyclic) bond motifs is 3. The van der Waals surface area contributed by atoms with E-state index >= 15 is 0 Å². The van der Waals surface area contributed by atoms with Gasteiger partial charge in [-0.1, -0.05) is 25.1 Å². The number of aliphatic hydroxyl groups is 1. The summed E-state index contributed by atoms with van der Waals surface area (Å²) in [7, 11) is 0. The number of Topliss-reactive ketones (excluding diaryl/α,β-unsaturated/α-hetero) is 1. The maximum Gasteiger partial charge on any atom is 0.140 e. The molecule has 2 fully saturated rings. The van der Waals surface area contributed by atoms with Crippen LogP contribution in [0.1, 0.15) is 43.4 Å². The zero-order valence-corrected chi connectivity index (χ0v) is 12.5. The van der Waals surface area contributed by atoms with Gasteiger partial charge in [0.05, 0.1) is 6.10 Å². The van der Waals surface area contributed by atoms with Crippen molar-refractivity contribution in [1.82, 2.24) is 0 Å². The second-order valence-corrected chi connectivity index (χ2v) is 7.48. The Morgan fingerprint density at radius 3 is 2.82 bits per heavy atom. The number of phenols is 1. The third kappa shape index (κ3) is 1.18. The molecule has 5 rings (SSSR count). The second kappa shape index (κ2) is 3.54. The van der Waals surface area contributed by atoms with Gasteiger partial charge in [0.15, 0.2) is 0 Å². The first-order chi connectivity index (χ1) is 10.5. The summed E-state index contributed by atoms with van der Waals surface area (Å²) in [4.78, 5) is 12.5. The second-order valence-electron chi connectivity index (χ2n) is 7.48.